The molecule has 0 aliphatic carbocycles. The number of hydrogen-bond donors (Lipinski definition) is 2. The van der Waals surface area contributed by atoms with E-state index in [1.807, 2.05) is 0 Å². The van der Waals surface area contributed by atoms with Crippen LogP contribution in [-0.2, 0) is 10.0 Å². The molecule has 10 nitrogen and oxygen atoms in total. The Kier molecular flexibility index (Phi) is 4.25. The lowest BCUT2D eigenvalue weighted by Gasteiger charge is -2.05. The maximum Gasteiger partial charge on any atom is 0.258 e. The van der Waals surface area contributed by atoms with E-state index in [1.165, 1.54) is 36.7 Å². The Morgan fingerprint density at radius 3 is 2.28 bits per heavy atom. The van der Waals surface area contributed by atoms with Crippen LogP contribution in [0.4, 0.5) is 5.69 Å². The summed E-state index contributed by atoms with van der Waals surface area (Å²) in [6.45, 7) is 1.64. The third-order valence-corrected chi connectivity index (χ3v) is 4.01. The third-order valence-electron chi connectivity index (χ3n) is 3.08. The van der Waals surface area contributed by atoms with Crippen molar-refractivity contribution in [2.24, 2.45) is 5.14 Å². The van der Waals surface area contributed by atoms with E-state index in [0.717, 1.165) is 0 Å². The van der Waals surface area contributed by atoms with E-state index in [2.05, 4.69) is 25.4 Å². The highest BCUT2D eigenvalue weighted by Crippen LogP contribution is 2.14. The van der Waals surface area contributed by atoms with Gasteiger partial charge in [0.25, 0.3) is 5.91 Å². The van der Waals surface area contributed by atoms with Crippen molar-refractivity contribution < 1.29 is 17.7 Å². The van der Waals surface area contributed by atoms with Crippen LogP contribution in [0.2, 0.25) is 0 Å². The predicted molar refractivity (Wildman–Crippen MR) is 85.8 cm³/mol. The molecule has 2 aromatic heterocycles. The highest BCUT2D eigenvalue weighted by molar-refractivity contribution is 7.89. The normalized spacial score (nSPS) is 11.3. The molecule has 2 heterocycles. The van der Waals surface area contributed by atoms with Crippen molar-refractivity contribution in [3.63, 3.8) is 0 Å². The van der Waals surface area contributed by atoms with Crippen LogP contribution in [0.3, 0.4) is 0 Å². The zero-order chi connectivity index (χ0) is 18.0. The summed E-state index contributed by atoms with van der Waals surface area (Å²) < 4.78 is 27.2. The number of aryl methyl sites for hydroxylation is 1. The molecule has 0 aliphatic rings. The van der Waals surface area contributed by atoms with Crippen LogP contribution in [0.25, 0.3) is 11.6 Å². The largest absolute Gasteiger partial charge is 0.339 e. The second-order valence-electron chi connectivity index (χ2n) is 4.96. The first-order chi connectivity index (χ1) is 11.8. The molecule has 0 saturated carbocycles. The summed E-state index contributed by atoms with van der Waals surface area (Å²) in [6.07, 6.45) is 2.64. The van der Waals surface area contributed by atoms with Gasteiger partial charge >= 0.3 is 0 Å². The van der Waals surface area contributed by atoms with Gasteiger partial charge in [-0.1, -0.05) is 5.16 Å². The summed E-state index contributed by atoms with van der Waals surface area (Å²) in [6, 6.07) is 5.44. The first-order valence-electron chi connectivity index (χ1n) is 6.90. The zero-order valence-corrected chi connectivity index (χ0v) is 13.7. The molecular weight excluding hydrogens is 348 g/mol. The molecule has 0 radical (unpaired) electrons. The maximum absolute atomic E-state index is 12.2. The summed E-state index contributed by atoms with van der Waals surface area (Å²) in [4.78, 5) is 24.1. The number of carbonyl (C=O) groups excluding carboxylic acids is 1. The predicted octanol–water partition coefficient (Wildman–Crippen LogP) is 0.735. The molecule has 1 amide bonds. The molecule has 1 aromatic carbocycles. The van der Waals surface area contributed by atoms with Crippen molar-refractivity contribution in [1.82, 2.24) is 20.1 Å². The molecule has 3 aromatic rings. The fraction of sp³-hybridized carbons (Fsp3) is 0.0714. The number of nitrogens with one attached hydrogen (secondary N) is 1. The molecule has 0 spiro atoms. The highest BCUT2D eigenvalue weighted by Gasteiger charge is 2.12. The molecular formula is C14H12N6O4S. The van der Waals surface area contributed by atoms with Crippen LogP contribution in [-0.4, -0.2) is 34.4 Å². The number of rotatable bonds is 4. The molecule has 0 atom stereocenters. The summed E-state index contributed by atoms with van der Waals surface area (Å²) in [5.41, 5.74) is 0.606. The van der Waals surface area contributed by atoms with E-state index >= 15 is 0 Å². The van der Waals surface area contributed by atoms with Crippen molar-refractivity contribution in [2.45, 2.75) is 11.8 Å². The summed E-state index contributed by atoms with van der Waals surface area (Å²) >= 11 is 0. The smallest absolute Gasteiger partial charge is 0.258 e. The molecule has 0 aliphatic heterocycles. The third kappa shape index (κ3) is 3.84. The average Bonchev–Trinajstić information content (AvgIpc) is 3.01. The van der Waals surface area contributed by atoms with Gasteiger partial charge in [-0.2, -0.15) is 4.98 Å². The monoisotopic (exact) mass is 360 g/mol. The Morgan fingerprint density at radius 2 is 1.76 bits per heavy atom. The van der Waals surface area contributed by atoms with Gasteiger partial charge < -0.3 is 9.84 Å². The van der Waals surface area contributed by atoms with Crippen LogP contribution >= 0.6 is 0 Å². The van der Waals surface area contributed by atoms with Crippen LogP contribution in [0.1, 0.15) is 16.2 Å². The Morgan fingerprint density at radius 1 is 1.12 bits per heavy atom. The lowest BCUT2D eigenvalue weighted by atomic mass is 10.2. The number of sulfonamides is 1. The Balaban J connectivity index is 1.73. The van der Waals surface area contributed by atoms with Crippen LogP contribution < -0.4 is 10.5 Å². The first kappa shape index (κ1) is 16.7. The van der Waals surface area contributed by atoms with Crippen LogP contribution in [0.15, 0.2) is 46.1 Å². The molecule has 3 N–H and O–H groups in total. The van der Waals surface area contributed by atoms with Crippen molar-refractivity contribution in [3.8, 4) is 11.6 Å². The van der Waals surface area contributed by atoms with E-state index in [4.69, 9.17) is 9.66 Å². The quantitative estimate of drug-likeness (QED) is 0.690. The van der Waals surface area contributed by atoms with Crippen molar-refractivity contribution >= 4 is 21.6 Å². The SMILES string of the molecule is Cc1nc(-c2ncc(C(=O)Nc3ccc(S(N)(=O)=O)cc3)cn2)no1. The standard InChI is InChI=1S/C14H12N6O4S/c1-8-18-13(20-24-8)12-16-6-9(7-17-12)14(21)19-10-2-4-11(5-3-10)25(15,22)23/h2-7H,1H3,(H,19,21)(H2,15,22,23). The van der Waals surface area contributed by atoms with Gasteiger partial charge in [-0.25, -0.2) is 23.5 Å². The van der Waals surface area contributed by atoms with Gasteiger partial charge in [0, 0.05) is 25.0 Å². The van der Waals surface area contributed by atoms with Gasteiger partial charge in [0.1, 0.15) is 0 Å². The maximum atomic E-state index is 12.2. The lowest BCUT2D eigenvalue weighted by molar-refractivity contribution is 0.102. The number of anilines is 1. The Bertz CT molecular complexity index is 1010. The minimum atomic E-state index is -3.78. The van der Waals surface area contributed by atoms with Gasteiger partial charge in [0.15, 0.2) is 0 Å². The Hall–Kier alpha value is -3.18. The van der Waals surface area contributed by atoms with E-state index in [9.17, 15) is 13.2 Å². The van der Waals surface area contributed by atoms with Gasteiger partial charge in [-0.15, -0.1) is 0 Å². The fourth-order valence-corrected chi connectivity index (χ4v) is 2.40. The van der Waals surface area contributed by atoms with Crippen molar-refractivity contribution in [3.05, 3.63) is 48.1 Å². The van der Waals surface area contributed by atoms with Gasteiger partial charge in [0.05, 0.1) is 10.5 Å². The molecule has 0 bridgehead atoms. The second kappa shape index (κ2) is 6.37. The molecule has 0 unspecified atom stereocenters. The van der Waals surface area contributed by atoms with Gasteiger partial charge in [0.2, 0.25) is 27.6 Å². The van der Waals surface area contributed by atoms with Crippen molar-refractivity contribution in [2.75, 3.05) is 5.32 Å². The Labute approximate surface area is 142 Å². The number of amides is 1. The molecule has 3 rings (SSSR count). The van der Waals surface area contributed by atoms with E-state index in [0.29, 0.717) is 11.6 Å². The first-order valence-corrected chi connectivity index (χ1v) is 8.44. The van der Waals surface area contributed by atoms with Crippen LogP contribution in [0.5, 0.6) is 0 Å². The summed E-state index contributed by atoms with van der Waals surface area (Å²) in [5.74, 6) is 0.372. The number of benzene rings is 1. The molecule has 11 heteroatoms. The number of nitrogens with zero attached hydrogens (tertiary/aromatic N) is 4. The lowest BCUT2D eigenvalue weighted by Crippen LogP contribution is -2.14. The topological polar surface area (TPSA) is 154 Å². The van der Waals surface area contributed by atoms with E-state index < -0.39 is 15.9 Å². The number of hydrogen-bond acceptors (Lipinski definition) is 8. The number of primary sulfonamides is 1. The van der Waals surface area contributed by atoms with E-state index in [-0.39, 0.29) is 22.1 Å². The molecule has 0 fully saturated rings. The fourth-order valence-electron chi connectivity index (χ4n) is 1.88. The number of carbonyl (C=O) groups is 1. The van der Waals surface area contributed by atoms with Crippen LogP contribution in [0, 0.1) is 6.92 Å². The second-order valence-corrected chi connectivity index (χ2v) is 6.52. The number of aromatic nitrogens is 4. The summed E-state index contributed by atoms with van der Waals surface area (Å²) in [5, 5.41) is 11.3. The van der Waals surface area contributed by atoms with Gasteiger partial charge in [-0.05, 0) is 24.3 Å². The molecule has 128 valence electrons. The van der Waals surface area contributed by atoms with Gasteiger partial charge in [-0.3, -0.25) is 4.79 Å². The van der Waals surface area contributed by atoms with Crippen molar-refractivity contribution in [1.29, 1.82) is 0 Å². The van der Waals surface area contributed by atoms with E-state index in [1.54, 1.807) is 6.92 Å². The summed E-state index contributed by atoms with van der Waals surface area (Å²) in [7, 11) is -3.78. The average molecular weight is 360 g/mol. The molecule has 25 heavy (non-hydrogen) atoms. The zero-order valence-electron chi connectivity index (χ0n) is 12.9. The minimum Gasteiger partial charge on any atom is -0.339 e. The highest BCUT2D eigenvalue weighted by atomic mass is 32.2. The number of nitrogens with two attached hydrogens (primary N) is 1. The molecule has 0 saturated heterocycles. The minimum absolute atomic E-state index is 0.0476.